The second kappa shape index (κ2) is 9.65. The minimum Gasteiger partial charge on any atom is -0.444 e. The number of ether oxygens (including phenoxy) is 2. The lowest BCUT2D eigenvalue weighted by atomic mass is 9.99. The summed E-state index contributed by atoms with van der Waals surface area (Å²) in [6, 6.07) is 3.77. The molecule has 0 saturated heterocycles. The zero-order chi connectivity index (χ0) is 25.1. The summed E-state index contributed by atoms with van der Waals surface area (Å²) < 4.78 is 10.7. The topological polar surface area (TPSA) is 89.0 Å². The van der Waals surface area contributed by atoms with E-state index in [1.54, 1.807) is 6.08 Å². The van der Waals surface area contributed by atoms with Gasteiger partial charge in [-0.15, -0.1) is 0 Å². The molecule has 0 fully saturated rings. The highest BCUT2D eigenvalue weighted by molar-refractivity contribution is 6.13. The molecule has 2 N–H and O–H groups in total. The third-order valence-electron chi connectivity index (χ3n) is 4.48. The van der Waals surface area contributed by atoms with Gasteiger partial charge in [-0.25, -0.2) is 14.6 Å². The summed E-state index contributed by atoms with van der Waals surface area (Å²) in [6.45, 7) is 20.7. The molecule has 0 spiro atoms. The van der Waals surface area contributed by atoms with Crippen LogP contribution >= 0.6 is 0 Å². The van der Waals surface area contributed by atoms with Gasteiger partial charge in [-0.3, -0.25) is 10.6 Å². The monoisotopic (exact) mass is 453 g/mol. The lowest BCUT2D eigenvalue weighted by Crippen LogP contribution is -2.33. The molecule has 0 unspecified atom stereocenters. The second-order valence-electron chi connectivity index (χ2n) is 10.1. The van der Waals surface area contributed by atoms with Gasteiger partial charge < -0.3 is 9.47 Å². The number of nitrogens with zero attached hydrogens (tertiary/aromatic N) is 1. The summed E-state index contributed by atoms with van der Waals surface area (Å²) in [4.78, 5) is 29.0. The molecule has 0 bridgehead atoms. The van der Waals surface area contributed by atoms with Crippen LogP contribution in [0.25, 0.3) is 0 Å². The van der Waals surface area contributed by atoms with E-state index < -0.39 is 23.4 Å². The van der Waals surface area contributed by atoms with Crippen LogP contribution < -0.4 is 10.6 Å². The highest BCUT2D eigenvalue weighted by Crippen LogP contribution is 2.29. The molecule has 1 aromatic carbocycles. The van der Waals surface area contributed by atoms with E-state index in [4.69, 9.17) is 14.5 Å². The van der Waals surface area contributed by atoms with Crippen LogP contribution in [-0.2, 0) is 9.47 Å². The van der Waals surface area contributed by atoms with Gasteiger partial charge in [0.2, 0.25) is 0 Å². The third-order valence-corrected chi connectivity index (χ3v) is 4.48. The molecule has 0 aromatic heterocycles. The highest BCUT2D eigenvalue weighted by Gasteiger charge is 2.20. The van der Waals surface area contributed by atoms with Gasteiger partial charge in [0.1, 0.15) is 11.2 Å². The van der Waals surface area contributed by atoms with Gasteiger partial charge in [0.25, 0.3) is 0 Å². The molecule has 0 radical (unpaired) electrons. The van der Waals surface area contributed by atoms with Crippen molar-refractivity contribution in [3.05, 3.63) is 58.8 Å². The molecule has 178 valence electrons. The lowest BCUT2D eigenvalue weighted by Gasteiger charge is -2.22. The molecule has 2 rings (SSSR count). The fraction of sp³-hybridized carbons (Fsp3) is 0.423. The van der Waals surface area contributed by atoms with Gasteiger partial charge in [0.15, 0.2) is 0 Å². The Labute approximate surface area is 196 Å². The number of aliphatic imine (C=N–C) groups is 1. The molecule has 7 heteroatoms. The van der Waals surface area contributed by atoms with Crippen LogP contribution in [0.4, 0.5) is 21.0 Å². The number of amides is 2. The van der Waals surface area contributed by atoms with Crippen molar-refractivity contribution >= 4 is 29.3 Å². The number of nitrogens with one attached hydrogen (secondary N) is 2. The largest absolute Gasteiger partial charge is 0.444 e. The third kappa shape index (κ3) is 7.93. The summed E-state index contributed by atoms with van der Waals surface area (Å²) in [5, 5.41) is 5.56. The van der Waals surface area contributed by atoms with E-state index in [0.29, 0.717) is 22.7 Å². The van der Waals surface area contributed by atoms with E-state index in [9.17, 15) is 9.59 Å². The van der Waals surface area contributed by atoms with E-state index in [2.05, 4.69) is 17.2 Å². The Kier molecular flexibility index (Phi) is 7.57. The molecule has 33 heavy (non-hydrogen) atoms. The molecule has 0 atom stereocenters. The molecule has 0 heterocycles. The average Bonchev–Trinajstić information content (AvgIpc) is 2.60. The first-order chi connectivity index (χ1) is 15.0. The van der Waals surface area contributed by atoms with Crippen molar-refractivity contribution in [2.45, 2.75) is 73.5 Å². The van der Waals surface area contributed by atoms with Gasteiger partial charge in [-0.2, -0.15) is 0 Å². The fourth-order valence-corrected chi connectivity index (χ4v) is 2.99. The molecule has 0 saturated carbocycles. The van der Waals surface area contributed by atoms with Crippen molar-refractivity contribution in [2.75, 3.05) is 5.32 Å². The molecule has 2 amide bonds. The van der Waals surface area contributed by atoms with E-state index in [-0.39, 0.29) is 0 Å². The van der Waals surface area contributed by atoms with E-state index in [0.717, 1.165) is 22.4 Å². The minimum atomic E-state index is -0.583. The van der Waals surface area contributed by atoms with Gasteiger partial charge in [0.05, 0.1) is 11.4 Å². The predicted octanol–water partition coefficient (Wildman–Crippen LogP) is 6.65. The summed E-state index contributed by atoms with van der Waals surface area (Å²) in [6.07, 6.45) is 2.63. The quantitative estimate of drug-likeness (QED) is 0.536. The van der Waals surface area contributed by atoms with Gasteiger partial charge in [-0.1, -0.05) is 6.58 Å². The zero-order valence-corrected chi connectivity index (χ0v) is 21.1. The van der Waals surface area contributed by atoms with Gasteiger partial charge in [-0.05, 0) is 109 Å². The van der Waals surface area contributed by atoms with Crippen LogP contribution in [-0.4, -0.2) is 29.1 Å². The molecule has 1 aliphatic carbocycles. The Morgan fingerprint density at radius 3 is 1.94 bits per heavy atom. The lowest BCUT2D eigenvalue weighted by molar-refractivity contribution is 0.0545. The van der Waals surface area contributed by atoms with E-state index in [1.807, 2.05) is 80.5 Å². The van der Waals surface area contributed by atoms with Gasteiger partial charge in [0, 0.05) is 11.4 Å². The van der Waals surface area contributed by atoms with Crippen LogP contribution in [0.2, 0.25) is 0 Å². The number of carbonyl (C=O) groups excluding carboxylic acids is 2. The molecule has 1 aliphatic rings. The maximum atomic E-state index is 12.1. The Hall–Kier alpha value is -3.35. The number of aryl methyl sites for hydroxylation is 2. The number of carbonyl (C=O) groups is 2. The van der Waals surface area contributed by atoms with Crippen molar-refractivity contribution in [3.63, 3.8) is 0 Å². The summed E-state index contributed by atoms with van der Waals surface area (Å²) >= 11 is 0. The smallest absolute Gasteiger partial charge is 0.412 e. The molecular weight excluding hydrogens is 418 g/mol. The Morgan fingerprint density at radius 1 is 0.848 bits per heavy atom. The van der Waals surface area contributed by atoms with Crippen molar-refractivity contribution in [3.8, 4) is 0 Å². The SMILES string of the molecule is C=C1C=C(NC(=O)OC(C)(C)C)C(C)=CC1=Nc1cc(C)c(NC(=O)OC(C)(C)C)cc1C. The number of anilines is 1. The number of hydrogen-bond acceptors (Lipinski definition) is 5. The van der Waals surface area contributed by atoms with Crippen LogP contribution in [0.15, 0.2) is 52.7 Å². The number of allylic oxidation sites excluding steroid dienone is 4. The normalized spacial score (nSPS) is 15.5. The maximum Gasteiger partial charge on any atom is 0.412 e. The minimum absolute atomic E-state index is 0.501. The fourth-order valence-electron chi connectivity index (χ4n) is 2.99. The number of alkyl carbamates (subject to hydrolysis) is 1. The Balaban J connectivity index is 2.22. The highest BCUT2D eigenvalue weighted by atomic mass is 16.6. The summed E-state index contributed by atoms with van der Waals surface area (Å²) in [5.74, 6) is 0. The van der Waals surface area contributed by atoms with E-state index in [1.165, 1.54) is 0 Å². The first kappa shape index (κ1) is 25.9. The standard InChI is InChI=1S/C26H35N3O4/c1-15-13-21(28-23(30)32-25(5,6)7)17(3)11-19(15)27-20-12-18(4)22(14-16(20)2)29-24(31)33-26(8,9)10/h11-14H,1H2,2-10H3,(H,28,30)(H,29,31). The van der Waals surface area contributed by atoms with Crippen LogP contribution in [0.5, 0.6) is 0 Å². The first-order valence-electron chi connectivity index (χ1n) is 10.8. The molecule has 0 aliphatic heterocycles. The predicted molar refractivity (Wildman–Crippen MR) is 133 cm³/mol. The molecule has 7 nitrogen and oxygen atoms in total. The summed E-state index contributed by atoms with van der Waals surface area (Å²) in [5.41, 5.74) is 4.84. The van der Waals surface area contributed by atoms with Crippen LogP contribution in [0.1, 0.15) is 59.6 Å². The summed E-state index contributed by atoms with van der Waals surface area (Å²) in [7, 11) is 0. The van der Waals surface area contributed by atoms with Gasteiger partial charge >= 0.3 is 12.2 Å². The molecule has 1 aromatic rings. The van der Waals surface area contributed by atoms with E-state index >= 15 is 0 Å². The Bertz CT molecular complexity index is 1060. The van der Waals surface area contributed by atoms with Crippen molar-refractivity contribution in [1.82, 2.24) is 5.32 Å². The van der Waals surface area contributed by atoms with Crippen molar-refractivity contribution in [2.24, 2.45) is 4.99 Å². The maximum absolute atomic E-state index is 12.1. The van der Waals surface area contributed by atoms with Crippen molar-refractivity contribution < 1.29 is 19.1 Å². The van der Waals surface area contributed by atoms with Crippen LogP contribution in [0.3, 0.4) is 0 Å². The number of hydrogen-bond donors (Lipinski definition) is 2. The number of benzene rings is 1. The molecular formula is C26H35N3O4. The first-order valence-corrected chi connectivity index (χ1v) is 10.8. The van der Waals surface area contributed by atoms with Crippen molar-refractivity contribution in [1.29, 1.82) is 0 Å². The average molecular weight is 454 g/mol. The zero-order valence-electron chi connectivity index (χ0n) is 21.1. The van der Waals surface area contributed by atoms with Crippen LogP contribution in [0, 0.1) is 13.8 Å². The second-order valence-corrected chi connectivity index (χ2v) is 10.1. The Morgan fingerprint density at radius 2 is 1.39 bits per heavy atom. The number of rotatable bonds is 3.